The van der Waals surface area contributed by atoms with Gasteiger partial charge in [-0.25, -0.2) is 9.07 Å². The quantitative estimate of drug-likeness (QED) is 0.499. The van der Waals surface area contributed by atoms with Crippen LogP contribution in [0.4, 0.5) is 10.1 Å². The van der Waals surface area contributed by atoms with Crippen LogP contribution in [0.3, 0.4) is 0 Å². The number of anilines is 1. The Labute approximate surface area is 159 Å². The highest BCUT2D eigenvalue weighted by atomic mass is 32.2. The fourth-order valence-corrected chi connectivity index (χ4v) is 3.09. The van der Waals surface area contributed by atoms with Gasteiger partial charge in [-0.3, -0.25) is 4.79 Å². The molecule has 1 atom stereocenters. The summed E-state index contributed by atoms with van der Waals surface area (Å²) in [6.45, 7) is 1.71. The number of ether oxygens (including phenoxy) is 1. The Balaban J connectivity index is 1.70. The molecule has 0 aliphatic heterocycles. The highest BCUT2D eigenvalue weighted by molar-refractivity contribution is 8.00. The second-order valence-electron chi connectivity index (χ2n) is 5.66. The summed E-state index contributed by atoms with van der Waals surface area (Å²) in [5.74, 6) is 6.57. The number of rotatable bonds is 6. The van der Waals surface area contributed by atoms with Crippen molar-refractivity contribution in [2.45, 2.75) is 17.3 Å². The Morgan fingerprint density at radius 2 is 2.00 bits per heavy atom. The van der Waals surface area contributed by atoms with Crippen LogP contribution in [0.5, 0.6) is 5.75 Å². The van der Waals surface area contributed by atoms with E-state index in [2.05, 4.69) is 15.5 Å². The van der Waals surface area contributed by atoms with E-state index in [1.807, 2.05) is 12.1 Å². The smallest absolute Gasteiger partial charge is 0.237 e. The highest BCUT2D eigenvalue weighted by Crippen LogP contribution is 2.26. The lowest BCUT2D eigenvalue weighted by molar-refractivity contribution is -0.115. The third-order valence-corrected chi connectivity index (χ3v) is 4.81. The molecule has 0 aliphatic carbocycles. The van der Waals surface area contributed by atoms with Gasteiger partial charge in [0.1, 0.15) is 11.6 Å². The van der Waals surface area contributed by atoms with E-state index in [0.717, 1.165) is 23.1 Å². The molecule has 3 N–H and O–H groups in total. The number of nitrogens with two attached hydrogens (primary N) is 1. The number of aromatic nitrogens is 3. The molecular formula is C18H18FN5O2S. The first kappa shape index (κ1) is 18.7. The van der Waals surface area contributed by atoms with Crippen molar-refractivity contribution in [1.29, 1.82) is 0 Å². The SMILES string of the molecule is COc1ccc(-c2nnc(S[C@H](C)C(=O)Nc3cccc(F)c3)n2N)cc1. The fraction of sp³-hybridized carbons (Fsp3) is 0.167. The number of benzene rings is 2. The van der Waals surface area contributed by atoms with Gasteiger partial charge in [0, 0.05) is 11.3 Å². The van der Waals surface area contributed by atoms with E-state index < -0.39 is 11.1 Å². The molecule has 140 valence electrons. The Morgan fingerprint density at radius 1 is 1.26 bits per heavy atom. The van der Waals surface area contributed by atoms with Crippen molar-refractivity contribution in [3.63, 3.8) is 0 Å². The van der Waals surface area contributed by atoms with Gasteiger partial charge in [0.15, 0.2) is 5.82 Å². The van der Waals surface area contributed by atoms with Gasteiger partial charge >= 0.3 is 0 Å². The lowest BCUT2D eigenvalue weighted by atomic mass is 10.2. The van der Waals surface area contributed by atoms with E-state index in [1.54, 1.807) is 32.2 Å². The number of carbonyl (C=O) groups excluding carboxylic acids is 1. The van der Waals surface area contributed by atoms with Crippen molar-refractivity contribution in [1.82, 2.24) is 14.9 Å². The maximum atomic E-state index is 13.2. The number of halogens is 1. The van der Waals surface area contributed by atoms with Crippen molar-refractivity contribution in [3.05, 3.63) is 54.3 Å². The summed E-state index contributed by atoms with van der Waals surface area (Å²) in [5.41, 5.74) is 1.16. The van der Waals surface area contributed by atoms with Crippen molar-refractivity contribution < 1.29 is 13.9 Å². The molecule has 0 saturated carbocycles. The summed E-state index contributed by atoms with van der Waals surface area (Å²) in [7, 11) is 1.59. The summed E-state index contributed by atoms with van der Waals surface area (Å²) >= 11 is 1.16. The monoisotopic (exact) mass is 387 g/mol. The Hall–Kier alpha value is -3.07. The minimum Gasteiger partial charge on any atom is -0.497 e. The van der Waals surface area contributed by atoms with E-state index in [-0.39, 0.29) is 5.91 Å². The minimum absolute atomic E-state index is 0.292. The molecule has 0 radical (unpaired) electrons. The predicted octanol–water partition coefficient (Wildman–Crippen LogP) is 2.93. The molecule has 0 spiro atoms. The first-order valence-electron chi connectivity index (χ1n) is 8.06. The number of hydrogen-bond acceptors (Lipinski definition) is 6. The molecule has 1 heterocycles. The zero-order valence-electron chi connectivity index (χ0n) is 14.7. The van der Waals surface area contributed by atoms with Crippen molar-refractivity contribution in [3.8, 4) is 17.1 Å². The second kappa shape index (κ2) is 8.09. The summed E-state index contributed by atoms with van der Waals surface area (Å²) in [5, 5.41) is 10.7. The zero-order chi connectivity index (χ0) is 19.4. The fourth-order valence-electron chi connectivity index (χ4n) is 2.32. The summed E-state index contributed by atoms with van der Waals surface area (Å²) in [6, 6.07) is 12.9. The molecule has 0 saturated heterocycles. The molecule has 0 unspecified atom stereocenters. The molecule has 7 nitrogen and oxygen atoms in total. The van der Waals surface area contributed by atoms with Crippen LogP contribution in [-0.4, -0.2) is 33.1 Å². The van der Waals surface area contributed by atoms with Crippen LogP contribution in [0.15, 0.2) is 53.7 Å². The Bertz CT molecular complexity index is 945. The molecule has 0 aliphatic rings. The van der Waals surface area contributed by atoms with Crippen molar-refractivity contribution in [2.24, 2.45) is 0 Å². The predicted molar refractivity (Wildman–Crippen MR) is 103 cm³/mol. The van der Waals surface area contributed by atoms with Gasteiger partial charge in [-0.2, -0.15) is 0 Å². The van der Waals surface area contributed by atoms with Gasteiger partial charge in [0.2, 0.25) is 11.1 Å². The van der Waals surface area contributed by atoms with E-state index >= 15 is 0 Å². The molecule has 3 aromatic rings. The van der Waals surface area contributed by atoms with E-state index in [9.17, 15) is 9.18 Å². The van der Waals surface area contributed by atoms with Gasteiger partial charge in [-0.1, -0.05) is 17.8 Å². The average Bonchev–Trinajstić information content (AvgIpc) is 3.02. The molecule has 1 amide bonds. The number of nitrogen functional groups attached to an aromatic ring is 1. The van der Waals surface area contributed by atoms with Gasteiger partial charge in [0.05, 0.1) is 12.4 Å². The summed E-state index contributed by atoms with van der Waals surface area (Å²) < 4.78 is 19.7. The molecule has 2 aromatic carbocycles. The standard InChI is InChI=1S/C18H18FN5O2S/c1-11(17(25)21-14-5-3-4-13(19)10-14)27-18-23-22-16(24(18)20)12-6-8-15(26-2)9-7-12/h3-11H,20H2,1-2H3,(H,21,25)/t11-/m1/s1. The average molecular weight is 387 g/mol. The molecule has 0 bridgehead atoms. The Kier molecular flexibility index (Phi) is 5.60. The van der Waals surface area contributed by atoms with Gasteiger partial charge in [-0.05, 0) is 49.4 Å². The maximum Gasteiger partial charge on any atom is 0.237 e. The van der Waals surface area contributed by atoms with Crippen LogP contribution in [-0.2, 0) is 4.79 Å². The lowest BCUT2D eigenvalue weighted by Gasteiger charge is -2.11. The van der Waals surface area contributed by atoms with E-state index in [1.165, 1.54) is 22.9 Å². The normalized spacial score (nSPS) is 11.8. The topological polar surface area (TPSA) is 95.1 Å². The van der Waals surface area contributed by atoms with Gasteiger partial charge < -0.3 is 15.9 Å². The van der Waals surface area contributed by atoms with Crippen LogP contribution in [0.1, 0.15) is 6.92 Å². The zero-order valence-corrected chi connectivity index (χ0v) is 15.5. The van der Waals surface area contributed by atoms with Crippen molar-refractivity contribution >= 4 is 23.4 Å². The minimum atomic E-state index is -0.511. The first-order chi connectivity index (χ1) is 13.0. The van der Waals surface area contributed by atoms with Crippen LogP contribution in [0, 0.1) is 5.82 Å². The van der Waals surface area contributed by atoms with Gasteiger partial charge in [-0.15, -0.1) is 10.2 Å². The number of methoxy groups -OCH3 is 1. The van der Waals surface area contributed by atoms with E-state index in [4.69, 9.17) is 10.6 Å². The first-order valence-corrected chi connectivity index (χ1v) is 8.94. The number of nitrogens with one attached hydrogen (secondary N) is 1. The number of carbonyl (C=O) groups is 1. The van der Waals surface area contributed by atoms with Crippen LogP contribution in [0.2, 0.25) is 0 Å². The van der Waals surface area contributed by atoms with Crippen molar-refractivity contribution in [2.75, 3.05) is 18.3 Å². The third kappa shape index (κ3) is 4.37. The number of hydrogen-bond donors (Lipinski definition) is 2. The van der Waals surface area contributed by atoms with E-state index in [0.29, 0.717) is 16.7 Å². The lowest BCUT2D eigenvalue weighted by Crippen LogP contribution is -2.23. The van der Waals surface area contributed by atoms with Crippen LogP contribution < -0.4 is 15.9 Å². The summed E-state index contributed by atoms with van der Waals surface area (Å²) in [6.07, 6.45) is 0. The largest absolute Gasteiger partial charge is 0.497 e. The molecule has 0 fully saturated rings. The molecule has 9 heteroatoms. The van der Waals surface area contributed by atoms with Crippen LogP contribution >= 0.6 is 11.8 Å². The molecular weight excluding hydrogens is 369 g/mol. The number of thioether (sulfide) groups is 1. The maximum absolute atomic E-state index is 13.2. The molecule has 3 rings (SSSR count). The number of amides is 1. The Morgan fingerprint density at radius 3 is 2.67 bits per heavy atom. The van der Waals surface area contributed by atoms with Crippen LogP contribution in [0.25, 0.3) is 11.4 Å². The summed E-state index contributed by atoms with van der Waals surface area (Å²) in [4.78, 5) is 12.3. The second-order valence-corrected chi connectivity index (χ2v) is 6.97. The van der Waals surface area contributed by atoms with Gasteiger partial charge in [0.25, 0.3) is 0 Å². The molecule has 27 heavy (non-hydrogen) atoms. The third-order valence-electron chi connectivity index (χ3n) is 3.76. The highest BCUT2D eigenvalue weighted by Gasteiger charge is 2.20. The molecule has 1 aromatic heterocycles. The number of nitrogens with zero attached hydrogens (tertiary/aromatic N) is 3.